The Morgan fingerprint density at radius 2 is 1.80 bits per heavy atom. The molecule has 0 amide bonds. The third-order valence-electron chi connectivity index (χ3n) is 4.40. The number of hydrogen-bond donors (Lipinski definition) is 1. The second kappa shape index (κ2) is 4.65. The summed E-state index contributed by atoms with van der Waals surface area (Å²) in [5.74, 6) is 1.18. The molecule has 2 fully saturated rings. The molecule has 1 N–H and O–H groups in total. The topological polar surface area (TPSA) is 28.2 Å². The Hall–Kier alpha value is -1.77. The molecular formula is C17H21N3. The van der Waals surface area contributed by atoms with Crippen molar-refractivity contribution in [1.29, 1.82) is 0 Å². The molecule has 1 aromatic heterocycles. The maximum Gasteiger partial charge on any atom is 0.136 e. The van der Waals surface area contributed by atoms with Crippen LogP contribution in [-0.2, 0) is 0 Å². The number of aryl methyl sites for hydroxylation is 1. The van der Waals surface area contributed by atoms with E-state index in [-0.39, 0.29) is 0 Å². The summed E-state index contributed by atoms with van der Waals surface area (Å²) in [6, 6.07) is 9.37. The van der Waals surface area contributed by atoms with Gasteiger partial charge in [-0.1, -0.05) is 24.3 Å². The largest absolute Gasteiger partial charge is 0.380 e. The minimum Gasteiger partial charge on any atom is -0.380 e. The number of rotatable bonds is 3. The summed E-state index contributed by atoms with van der Waals surface area (Å²) in [7, 11) is 0. The van der Waals surface area contributed by atoms with E-state index in [0.717, 1.165) is 18.8 Å². The van der Waals surface area contributed by atoms with Crippen LogP contribution in [0.25, 0.3) is 10.8 Å². The zero-order valence-electron chi connectivity index (χ0n) is 12.0. The van der Waals surface area contributed by atoms with Crippen LogP contribution in [0.3, 0.4) is 0 Å². The molecule has 0 atom stereocenters. The first-order valence-electron chi connectivity index (χ1n) is 7.74. The molecular weight excluding hydrogens is 246 g/mol. The van der Waals surface area contributed by atoms with Crippen molar-refractivity contribution in [3.8, 4) is 0 Å². The number of benzene rings is 1. The first kappa shape index (κ1) is 12.0. The van der Waals surface area contributed by atoms with E-state index in [1.807, 2.05) is 0 Å². The minimum absolute atomic E-state index is 0.663. The van der Waals surface area contributed by atoms with E-state index < -0.39 is 0 Å². The molecule has 2 aliphatic rings. The normalized spacial score (nSPS) is 18.8. The maximum absolute atomic E-state index is 4.93. The van der Waals surface area contributed by atoms with Crippen molar-refractivity contribution < 1.29 is 0 Å². The third-order valence-corrected chi connectivity index (χ3v) is 4.40. The fourth-order valence-corrected chi connectivity index (χ4v) is 3.15. The molecule has 0 unspecified atom stereocenters. The molecule has 0 bridgehead atoms. The first-order valence-corrected chi connectivity index (χ1v) is 7.74. The third kappa shape index (κ3) is 2.01. The van der Waals surface area contributed by atoms with E-state index in [4.69, 9.17) is 4.98 Å². The van der Waals surface area contributed by atoms with Crippen LogP contribution in [0.5, 0.6) is 0 Å². The quantitative estimate of drug-likeness (QED) is 0.918. The molecule has 3 nitrogen and oxygen atoms in total. The van der Waals surface area contributed by atoms with Gasteiger partial charge in [0.05, 0.1) is 11.4 Å². The second-order valence-electron chi connectivity index (χ2n) is 6.05. The smallest absolute Gasteiger partial charge is 0.136 e. The Morgan fingerprint density at radius 3 is 2.50 bits per heavy atom. The summed E-state index contributed by atoms with van der Waals surface area (Å²) < 4.78 is 0. The number of anilines is 2. The van der Waals surface area contributed by atoms with E-state index in [1.54, 1.807) is 0 Å². The van der Waals surface area contributed by atoms with Gasteiger partial charge in [0, 0.05) is 29.9 Å². The molecule has 1 aliphatic heterocycles. The number of hydrogen-bond acceptors (Lipinski definition) is 3. The highest BCUT2D eigenvalue weighted by Gasteiger charge is 2.24. The minimum atomic E-state index is 0.663. The fourth-order valence-electron chi connectivity index (χ4n) is 3.15. The lowest BCUT2D eigenvalue weighted by Crippen LogP contribution is -2.20. The summed E-state index contributed by atoms with van der Waals surface area (Å²) in [5, 5.41) is 6.29. The summed E-state index contributed by atoms with van der Waals surface area (Å²) >= 11 is 0. The van der Waals surface area contributed by atoms with Crippen molar-refractivity contribution in [3.05, 3.63) is 30.0 Å². The predicted octanol–water partition coefficient (Wildman–Crippen LogP) is 3.72. The number of fused-ring (bicyclic) bond motifs is 1. The molecule has 1 aromatic carbocycles. The van der Waals surface area contributed by atoms with Crippen molar-refractivity contribution in [2.75, 3.05) is 23.3 Å². The van der Waals surface area contributed by atoms with Crippen molar-refractivity contribution in [2.45, 2.75) is 38.6 Å². The zero-order valence-corrected chi connectivity index (χ0v) is 12.0. The standard InChI is InChI=1S/C17H21N3/c1-12-16(19-13-8-9-13)14-6-2-3-7-15(14)17(18-12)20-10-4-5-11-20/h2-3,6-7,13,19H,4-5,8-11H2,1H3. The van der Waals surface area contributed by atoms with Crippen molar-refractivity contribution in [3.63, 3.8) is 0 Å². The molecule has 3 heteroatoms. The lowest BCUT2D eigenvalue weighted by atomic mass is 10.1. The molecule has 1 saturated heterocycles. The second-order valence-corrected chi connectivity index (χ2v) is 6.05. The summed E-state index contributed by atoms with van der Waals surface area (Å²) in [6.07, 6.45) is 5.16. The van der Waals surface area contributed by atoms with Crippen molar-refractivity contribution >= 4 is 22.3 Å². The van der Waals surface area contributed by atoms with E-state index in [1.165, 1.54) is 48.0 Å². The van der Waals surface area contributed by atoms with E-state index in [0.29, 0.717) is 6.04 Å². The molecule has 4 rings (SSSR count). The van der Waals surface area contributed by atoms with Crippen LogP contribution in [0.15, 0.2) is 24.3 Å². The Bertz CT molecular complexity index is 640. The zero-order chi connectivity index (χ0) is 13.5. The van der Waals surface area contributed by atoms with Gasteiger partial charge < -0.3 is 10.2 Å². The number of nitrogens with zero attached hydrogens (tertiary/aromatic N) is 2. The maximum atomic E-state index is 4.93. The lowest BCUT2D eigenvalue weighted by Gasteiger charge is -2.21. The first-order chi connectivity index (χ1) is 9.83. The van der Waals surface area contributed by atoms with Gasteiger partial charge in [-0.05, 0) is 32.6 Å². The van der Waals surface area contributed by atoms with Crippen LogP contribution < -0.4 is 10.2 Å². The van der Waals surface area contributed by atoms with Crippen LogP contribution in [-0.4, -0.2) is 24.1 Å². The molecule has 20 heavy (non-hydrogen) atoms. The number of aromatic nitrogens is 1. The van der Waals surface area contributed by atoms with Gasteiger partial charge in [-0.25, -0.2) is 4.98 Å². The van der Waals surface area contributed by atoms with E-state index >= 15 is 0 Å². The van der Waals surface area contributed by atoms with Crippen LogP contribution >= 0.6 is 0 Å². The predicted molar refractivity (Wildman–Crippen MR) is 84.6 cm³/mol. The van der Waals surface area contributed by atoms with Crippen LogP contribution in [0.1, 0.15) is 31.4 Å². The Labute approximate surface area is 120 Å². The van der Waals surface area contributed by atoms with E-state index in [9.17, 15) is 0 Å². The highest BCUT2D eigenvalue weighted by Crippen LogP contribution is 2.36. The fraction of sp³-hybridized carbons (Fsp3) is 0.471. The van der Waals surface area contributed by atoms with Gasteiger partial charge in [0.2, 0.25) is 0 Å². The molecule has 1 saturated carbocycles. The molecule has 1 aliphatic carbocycles. The monoisotopic (exact) mass is 267 g/mol. The van der Waals surface area contributed by atoms with Gasteiger partial charge in [-0.3, -0.25) is 0 Å². The van der Waals surface area contributed by atoms with Gasteiger partial charge in [-0.2, -0.15) is 0 Å². The van der Waals surface area contributed by atoms with Gasteiger partial charge in [0.15, 0.2) is 0 Å². The molecule has 2 aromatic rings. The van der Waals surface area contributed by atoms with Gasteiger partial charge >= 0.3 is 0 Å². The SMILES string of the molecule is Cc1nc(N2CCCC2)c2ccccc2c1NC1CC1. The molecule has 0 spiro atoms. The highest BCUT2D eigenvalue weighted by molar-refractivity contribution is 6.01. The Balaban J connectivity index is 1.87. The van der Waals surface area contributed by atoms with Gasteiger partial charge in [-0.15, -0.1) is 0 Å². The Morgan fingerprint density at radius 1 is 1.10 bits per heavy atom. The lowest BCUT2D eigenvalue weighted by molar-refractivity contribution is 0.937. The summed E-state index contributed by atoms with van der Waals surface area (Å²) in [6.45, 7) is 4.42. The average molecular weight is 267 g/mol. The number of nitrogens with one attached hydrogen (secondary N) is 1. The van der Waals surface area contributed by atoms with Crippen LogP contribution in [0, 0.1) is 6.92 Å². The van der Waals surface area contributed by atoms with Gasteiger partial charge in [0.1, 0.15) is 5.82 Å². The average Bonchev–Trinajstić information content (AvgIpc) is 3.12. The molecule has 104 valence electrons. The van der Waals surface area contributed by atoms with Crippen LogP contribution in [0.4, 0.5) is 11.5 Å². The molecule has 0 radical (unpaired) electrons. The summed E-state index contributed by atoms with van der Waals surface area (Å²) in [5.41, 5.74) is 2.38. The van der Waals surface area contributed by atoms with Crippen molar-refractivity contribution in [2.24, 2.45) is 0 Å². The van der Waals surface area contributed by atoms with E-state index in [2.05, 4.69) is 41.4 Å². The number of pyridine rings is 1. The van der Waals surface area contributed by atoms with Crippen molar-refractivity contribution in [1.82, 2.24) is 4.98 Å². The van der Waals surface area contributed by atoms with Crippen LogP contribution in [0.2, 0.25) is 0 Å². The molecule has 2 heterocycles. The van der Waals surface area contributed by atoms with Gasteiger partial charge in [0.25, 0.3) is 0 Å². The summed E-state index contributed by atoms with van der Waals surface area (Å²) in [4.78, 5) is 7.37. The Kier molecular flexibility index (Phi) is 2.79. The highest BCUT2D eigenvalue weighted by atomic mass is 15.2.